The van der Waals surface area contributed by atoms with Gasteiger partial charge in [-0.1, -0.05) is 6.07 Å². The summed E-state index contributed by atoms with van der Waals surface area (Å²) >= 11 is 0. The maximum atomic E-state index is 11.6. The Balaban J connectivity index is 2.48. The Labute approximate surface area is 119 Å². The van der Waals surface area contributed by atoms with E-state index in [0.29, 0.717) is 30.0 Å². The highest BCUT2D eigenvalue weighted by Gasteiger charge is 2.39. The Bertz CT molecular complexity index is 522. The molecule has 1 saturated heterocycles. The number of nitrogens with two attached hydrogens (primary N) is 2. The smallest absolute Gasteiger partial charge is 0.250 e. The van der Waals surface area contributed by atoms with Crippen molar-refractivity contribution in [2.75, 3.05) is 23.7 Å². The van der Waals surface area contributed by atoms with Gasteiger partial charge >= 0.3 is 0 Å². The van der Waals surface area contributed by atoms with E-state index in [9.17, 15) is 4.79 Å². The topological polar surface area (TPSA) is 81.6 Å². The third-order valence-electron chi connectivity index (χ3n) is 3.34. The van der Waals surface area contributed by atoms with Gasteiger partial charge in [-0.2, -0.15) is 0 Å². The summed E-state index contributed by atoms with van der Waals surface area (Å²) in [7, 11) is 0. The molecule has 1 amide bonds. The molecule has 4 N–H and O–H groups in total. The molecule has 1 heterocycles. The number of amides is 1. The van der Waals surface area contributed by atoms with Crippen LogP contribution in [0.3, 0.4) is 0 Å². The van der Waals surface area contributed by atoms with Crippen molar-refractivity contribution in [1.82, 2.24) is 0 Å². The van der Waals surface area contributed by atoms with Crippen LogP contribution in [-0.2, 0) is 4.74 Å². The monoisotopic (exact) mass is 277 g/mol. The summed E-state index contributed by atoms with van der Waals surface area (Å²) in [6.45, 7) is 9.44. The molecule has 0 bridgehead atoms. The lowest BCUT2D eigenvalue weighted by Crippen LogP contribution is -2.57. The lowest BCUT2D eigenvalue weighted by Gasteiger charge is -2.48. The first-order chi connectivity index (χ1) is 9.11. The highest BCUT2D eigenvalue weighted by Crippen LogP contribution is 2.35. The Hall–Kier alpha value is -1.75. The van der Waals surface area contributed by atoms with E-state index in [1.807, 2.05) is 27.7 Å². The minimum Gasteiger partial charge on any atom is -0.397 e. The van der Waals surface area contributed by atoms with Crippen LogP contribution < -0.4 is 16.4 Å². The van der Waals surface area contributed by atoms with Gasteiger partial charge in [0.05, 0.1) is 28.1 Å². The van der Waals surface area contributed by atoms with Crippen LogP contribution in [0.4, 0.5) is 11.4 Å². The van der Waals surface area contributed by atoms with E-state index in [1.165, 1.54) is 0 Å². The normalized spacial score (nSPS) is 20.7. The highest BCUT2D eigenvalue weighted by molar-refractivity contribution is 6.01. The van der Waals surface area contributed by atoms with E-state index in [-0.39, 0.29) is 11.2 Å². The quantitative estimate of drug-likeness (QED) is 0.807. The largest absolute Gasteiger partial charge is 0.397 e. The number of hydrogen-bond acceptors (Lipinski definition) is 4. The molecule has 1 fully saturated rings. The van der Waals surface area contributed by atoms with Gasteiger partial charge in [0, 0.05) is 13.1 Å². The molecule has 1 aromatic carbocycles. The number of benzene rings is 1. The number of carbonyl (C=O) groups is 1. The molecule has 20 heavy (non-hydrogen) atoms. The van der Waals surface area contributed by atoms with Gasteiger partial charge in [0.15, 0.2) is 0 Å². The fraction of sp³-hybridized carbons (Fsp3) is 0.533. The second kappa shape index (κ2) is 4.66. The van der Waals surface area contributed by atoms with Crippen LogP contribution in [-0.4, -0.2) is 30.2 Å². The van der Waals surface area contributed by atoms with E-state index in [2.05, 4.69) is 4.90 Å². The van der Waals surface area contributed by atoms with Crippen LogP contribution in [0.2, 0.25) is 0 Å². The third kappa shape index (κ3) is 2.88. The Morgan fingerprint density at radius 3 is 2.25 bits per heavy atom. The van der Waals surface area contributed by atoms with Crippen molar-refractivity contribution < 1.29 is 9.53 Å². The first-order valence-electron chi connectivity index (χ1n) is 6.75. The number of nitrogen functional groups attached to an aromatic ring is 1. The fourth-order valence-electron chi connectivity index (χ4n) is 3.06. The number of carbonyl (C=O) groups excluding carboxylic acids is 1. The van der Waals surface area contributed by atoms with Crippen LogP contribution in [0.5, 0.6) is 0 Å². The predicted molar refractivity (Wildman–Crippen MR) is 80.8 cm³/mol. The molecule has 1 aliphatic heterocycles. The van der Waals surface area contributed by atoms with Crippen LogP contribution in [0.15, 0.2) is 18.2 Å². The van der Waals surface area contributed by atoms with Crippen molar-refractivity contribution >= 4 is 17.3 Å². The molecule has 0 saturated carbocycles. The van der Waals surface area contributed by atoms with Gasteiger partial charge < -0.3 is 21.1 Å². The molecule has 0 atom stereocenters. The third-order valence-corrected chi connectivity index (χ3v) is 3.34. The van der Waals surface area contributed by atoms with Gasteiger partial charge in [-0.3, -0.25) is 4.79 Å². The second-order valence-electron chi connectivity index (χ2n) is 6.59. The van der Waals surface area contributed by atoms with Gasteiger partial charge in [0.25, 0.3) is 5.91 Å². The molecule has 110 valence electrons. The van der Waals surface area contributed by atoms with Crippen LogP contribution in [0.25, 0.3) is 0 Å². The maximum Gasteiger partial charge on any atom is 0.250 e. The van der Waals surface area contributed by atoms with E-state index in [1.54, 1.807) is 18.2 Å². The number of para-hydroxylation sites is 1. The molecule has 1 aromatic rings. The fourth-order valence-corrected chi connectivity index (χ4v) is 3.06. The van der Waals surface area contributed by atoms with Crippen LogP contribution in [0, 0.1) is 0 Å². The molecule has 1 aliphatic rings. The summed E-state index contributed by atoms with van der Waals surface area (Å²) < 4.78 is 6.05. The number of primary amides is 1. The number of ether oxygens (including phenoxy) is 1. The number of rotatable bonds is 2. The van der Waals surface area contributed by atoms with Crippen LogP contribution >= 0.6 is 0 Å². The molecule has 5 nitrogen and oxygen atoms in total. The summed E-state index contributed by atoms with van der Waals surface area (Å²) in [6.07, 6.45) is 0. The molecular weight excluding hydrogens is 254 g/mol. The summed E-state index contributed by atoms with van der Waals surface area (Å²) in [5, 5.41) is 0. The molecule has 0 unspecified atom stereocenters. The molecule has 0 radical (unpaired) electrons. The molecule has 0 aliphatic carbocycles. The van der Waals surface area contributed by atoms with Crippen molar-refractivity contribution in [3.8, 4) is 0 Å². The van der Waals surface area contributed by atoms with Gasteiger partial charge in [-0.25, -0.2) is 0 Å². The Morgan fingerprint density at radius 1 is 1.20 bits per heavy atom. The zero-order chi connectivity index (χ0) is 15.1. The minimum atomic E-state index is -0.464. The average molecular weight is 277 g/mol. The zero-order valence-corrected chi connectivity index (χ0v) is 12.6. The summed E-state index contributed by atoms with van der Waals surface area (Å²) in [4.78, 5) is 13.7. The predicted octanol–water partition coefficient (Wildman–Crippen LogP) is 1.76. The molecule has 0 spiro atoms. The zero-order valence-electron chi connectivity index (χ0n) is 12.6. The first kappa shape index (κ1) is 14.7. The number of nitrogens with zero attached hydrogens (tertiary/aromatic N) is 1. The van der Waals surface area contributed by atoms with Gasteiger partial charge in [-0.05, 0) is 39.8 Å². The summed E-state index contributed by atoms with van der Waals surface area (Å²) in [5.74, 6) is -0.464. The lowest BCUT2D eigenvalue weighted by molar-refractivity contribution is -0.133. The lowest BCUT2D eigenvalue weighted by atomic mass is 9.97. The minimum absolute atomic E-state index is 0.320. The SMILES string of the molecule is CC1(C)CN(c2c(N)cccc2C(N)=O)CC(C)(C)O1. The standard InChI is InChI=1S/C15H23N3O2/c1-14(2)8-18(9-15(3,4)20-14)12-10(13(17)19)6-5-7-11(12)16/h5-7H,8-9,16H2,1-4H3,(H2,17,19). The number of anilines is 2. The number of hydrogen-bond donors (Lipinski definition) is 2. The maximum absolute atomic E-state index is 11.6. The average Bonchev–Trinajstić information content (AvgIpc) is 2.23. The van der Waals surface area contributed by atoms with Crippen molar-refractivity contribution in [1.29, 1.82) is 0 Å². The van der Waals surface area contributed by atoms with Crippen LogP contribution in [0.1, 0.15) is 38.1 Å². The molecule has 5 heteroatoms. The number of morpholine rings is 1. The first-order valence-corrected chi connectivity index (χ1v) is 6.75. The van der Waals surface area contributed by atoms with Crippen molar-refractivity contribution in [2.45, 2.75) is 38.9 Å². The van der Waals surface area contributed by atoms with E-state index in [4.69, 9.17) is 16.2 Å². The molecular formula is C15H23N3O2. The summed E-state index contributed by atoms with van der Waals surface area (Å²) in [5.41, 5.74) is 12.6. The van der Waals surface area contributed by atoms with E-state index in [0.717, 1.165) is 0 Å². The van der Waals surface area contributed by atoms with E-state index >= 15 is 0 Å². The Morgan fingerprint density at radius 2 is 1.75 bits per heavy atom. The van der Waals surface area contributed by atoms with Crippen molar-refractivity contribution in [3.05, 3.63) is 23.8 Å². The van der Waals surface area contributed by atoms with Gasteiger partial charge in [0.2, 0.25) is 0 Å². The Kier molecular flexibility index (Phi) is 3.42. The van der Waals surface area contributed by atoms with Crippen molar-refractivity contribution in [2.24, 2.45) is 5.73 Å². The second-order valence-corrected chi connectivity index (χ2v) is 6.59. The van der Waals surface area contributed by atoms with Gasteiger partial charge in [-0.15, -0.1) is 0 Å². The van der Waals surface area contributed by atoms with Crippen molar-refractivity contribution in [3.63, 3.8) is 0 Å². The molecule has 0 aromatic heterocycles. The van der Waals surface area contributed by atoms with Gasteiger partial charge in [0.1, 0.15) is 0 Å². The summed E-state index contributed by atoms with van der Waals surface area (Å²) in [6, 6.07) is 5.25. The molecule has 2 rings (SSSR count). The van der Waals surface area contributed by atoms with E-state index < -0.39 is 5.91 Å². The highest BCUT2D eigenvalue weighted by atomic mass is 16.5.